The van der Waals surface area contributed by atoms with Gasteiger partial charge in [0, 0.05) is 20.1 Å². The minimum atomic E-state index is 0.0367. The minimum Gasteiger partial charge on any atom is -0.409 e. The Balaban J connectivity index is 3.27. The summed E-state index contributed by atoms with van der Waals surface area (Å²) in [6.45, 7) is 5.15. The highest BCUT2D eigenvalue weighted by Crippen LogP contribution is 2.23. The van der Waals surface area contributed by atoms with Crippen LogP contribution in [0.2, 0.25) is 0 Å². The number of amidine groups is 1. The summed E-state index contributed by atoms with van der Waals surface area (Å²) in [5.74, 6) is 0.799. The number of nitrogens with zero attached hydrogens (tertiary/aromatic N) is 4. The number of rotatable bonds is 6. The Labute approximate surface area is 106 Å². The number of anilines is 1. The van der Waals surface area contributed by atoms with Gasteiger partial charge in [0.15, 0.2) is 5.84 Å². The van der Waals surface area contributed by atoms with Gasteiger partial charge in [0.05, 0.1) is 17.9 Å². The first-order valence-electron chi connectivity index (χ1n) is 5.94. The normalized spacial score (nSPS) is 11.9. The topological polar surface area (TPSA) is 99.9 Å². The van der Waals surface area contributed by atoms with Crippen molar-refractivity contribution in [2.24, 2.45) is 17.9 Å². The van der Waals surface area contributed by atoms with Gasteiger partial charge in [-0.15, -0.1) is 0 Å². The third-order valence-corrected chi connectivity index (χ3v) is 2.72. The van der Waals surface area contributed by atoms with E-state index in [0.717, 1.165) is 18.8 Å². The summed E-state index contributed by atoms with van der Waals surface area (Å²) in [5, 5.41) is 25.3. The second-order valence-electron chi connectivity index (χ2n) is 4.10. The zero-order valence-electron chi connectivity index (χ0n) is 11.1. The number of hydrogen-bond donors (Lipinski definition) is 3. The van der Waals surface area contributed by atoms with Crippen molar-refractivity contribution in [2.75, 3.05) is 24.6 Å². The first kappa shape index (κ1) is 14.3. The lowest BCUT2D eigenvalue weighted by atomic mass is 10.2. The maximum absolute atomic E-state index is 9.13. The molecule has 7 heteroatoms. The van der Waals surface area contributed by atoms with Crippen LogP contribution in [-0.4, -0.2) is 45.6 Å². The van der Waals surface area contributed by atoms with Crippen LogP contribution in [0.3, 0.4) is 0 Å². The first-order valence-corrected chi connectivity index (χ1v) is 5.94. The van der Waals surface area contributed by atoms with Crippen LogP contribution in [0.5, 0.6) is 0 Å². The van der Waals surface area contributed by atoms with Gasteiger partial charge in [-0.3, -0.25) is 4.68 Å². The lowest BCUT2D eigenvalue weighted by Crippen LogP contribution is -2.31. The van der Waals surface area contributed by atoms with E-state index in [1.807, 2.05) is 4.90 Å². The number of oxime groups is 1. The highest BCUT2D eigenvalue weighted by Gasteiger charge is 2.21. The van der Waals surface area contributed by atoms with Crippen molar-refractivity contribution in [1.82, 2.24) is 9.78 Å². The molecular formula is C11H21N5O2. The Hall–Kier alpha value is -1.76. The second kappa shape index (κ2) is 6.25. The van der Waals surface area contributed by atoms with E-state index in [2.05, 4.69) is 17.2 Å². The molecule has 1 aromatic heterocycles. The van der Waals surface area contributed by atoms with Gasteiger partial charge in [0.2, 0.25) is 0 Å². The van der Waals surface area contributed by atoms with Crippen LogP contribution in [0, 0.1) is 6.92 Å². The van der Waals surface area contributed by atoms with Gasteiger partial charge in [-0.25, -0.2) is 0 Å². The van der Waals surface area contributed by atoms with Crippen LogP contribution in [0.15, 0.2) is 5.16 Å². The Morgan fingerprint density at radius 3 is 2.67 bits per heavy atom. The van der Waals surface area contributed by atoms with Gasteiger partial charge in [0.1, 0.15) is 5.82 Å². The van der Waals surface area contributed by atoms with E-state index in [1.54, 1.807) is 18.7 Å². The molecule has 0 amide bonds. The Bertz CT molecular complexity index is 421. The fourth-order valence-corrected chi connectivity index (χ4v) is 2.07. The molecule has 1 heterocycles. The summed E-state index contributed by atoms with van der Waals surface area (Å²) in [4.78, 5) is 1.98. The predicted octanol–water partition coefficient (Wildman–Crippen LogP) is 0.0317. The maximum atomic E-state index is 9.13. The lowest BCUT2D eigenvalue weighted by Gasteiger charge is -2.24. The zero-order valence-corrected chi connectivity index (χ0v) is 11.1. The SMILES string of the molecule is CCCN(CCO)c1c(C(N)=NO)c(C)nn1C. The average molecular weight is 255 g/mol. The van der Waals surface area contributed by atoms with Crippen LogP contribution < -0.4 is 10.6 Å². The molecule has 0 aliphatic rings. The Morgan fingerprint density at radius 1 is 1.50 bits per heavy atom. The third-order valence-electron chi connectivity index (χ3n) is 2.72. The van der Waals surface area contributed by atoms with Crippen LogP contribution in [0.25, 0.3) is 0 Å². The summed E-state index contributed by atoms with van der Waals surface area (Å²) in [6.07, 6.45) is 0.930. The van der Waals surface area contributed by atoms with Crippen molar-refractivity contribution in [2.45, 2.75) is 20.3 Å². The minimum absolute atomic E-state index is 0.0367. The van der Waals surface area contributed by atoms with Crippen molar-refractivity contribution in [3.8, 4) is 0 Å². The largest absolute Gasteiger partial charge is 0.409 e. The molecule has 0 atom stereocenters. The van der Waals surface area contributed by atoms with Crippen LogP contribution in [0.1, 0.15) is 24.6 Å². The summed E-state index contributed by atoms with van der Waals surface area (Å²) in [5.41, 5.74) is 7.01. The van der Waals surface area contributed by atoms with Crippen LogP contribution in [-0.2, 0) is 7.05 Å². The highest BCUT2D eigenvalue weighted by molar-refractivity contribution is 6.02. The van der Waals surface area contributed by atoms with E-state index in [9.17, 15) is 0 Å². The molecule has 0 saturated carbocycles. The molecule has 0 radical (unpaired) electrons. The van der Waals surface area contributed by atoms with Gasteiger partial charge < -0.3 is 20.9 Å². The fraction of sp³-hybridized carbons (Fsp3) is 0.636. The standard InChI is InChI=1S/C11H21N5O2/c1-4-5-16(6-7-17)11-9(10(12)14-18)8(2)13-15(11)3/h17-18H,4-7H2,1-3H3,(H2,12,14). The molecule has 1 aromatic rings. The lowest BCUT2D eigenvalue weighted by molar-refractivity contribution is 0.301. The molecule has 0 aliphatic heterocycles. The summed E-state index contributed by atoms with van der Waals surface area (Å²) >= 11 is 0. The molecule has 0 bridgehead atoms. The summed E-state index contributed by atoms with van der Waals surface area (Å²) in [6, 6.07) is 0. The molecule has 102 valence electrons. The van der Waals surface area contributed by atoms with Crippen LogP contribution >= 0.6 is 0 Å². The first-order chi connectivity index (χ1) is 8.56. The van der Waals surface area contributed by atoms with E-state index >= 15 is 0 Å². The molecule has 0 spiro atoms. The van der Waals surface area contributed by atoms with Crippen LogP contribution in [0.4, 0.5) is 5.82 Å². The molecule has 0 unspecified atom stereocenters. The molecular weight excluding hydrogens is 234 g/mol. The quantitative estimate of drug-likeness (QED) is 0.288. The van der Waals surface area contributed by atoms with Crippen molar-refractivity contribution < 1.29 is 10.3 Å². The monoisotopic (exact) mass is 255 g/mol. The van der Waals surface area contributed by atoms with Crippen molar-refractivity contribution in [3.05, 3.63) is 11.3 Å². The van der Waals surface area contributed by atoms with E-state index < -0.39 is 0 Å². The highest BCUT2D eigenvalue weighted by atomic mass is 16.4. The van der Waals surface area contributed by atoms with E-state index in [0.29, 0.717) is 17.8 Å². The number of nitrogens with two attached hydrogens (primary N) is 1. The molecule has 7 nitrogen and oxygen atoms in total. The molecule has 0 fully saturated rings. The average Bonchev–Trinajstić information content (AvgIpc) is 2.63. The Kier molecular flexibility index (Phi) is 4.96. The van der Waals surface area contributed by atoms with E-state index in [-0.39, 0.29) is 12.4 Å². The molecule has 0 aromatic carbocycles. The zero-order chi connectivity index (χ0) is 13.7. The summed E-state index contributed by atoms with van der Waals surface area (Å²) < 4.78 is 1.69. The second-order valence-corrected chi connectivity index (χ2v) is 4.10. The van der Waals surface area contributed by atoms with Gasteiger partial charge in [0.25, 0.3) is 0 Å². The van der Waals surface area contributed by atoms with Gasteiger partial charge in [-0.1, -0.05) is 12.1 Å². The summed E-state index contributed by atoms with van der Waals surface area (Å²) in [7, 11) is 1.80. The van der Waals surface area contributed by atoms with Crippen molar-refractivity contribution in [1.29, 1.82) is 0 Å². The van der Waals surface area contributed by atoms with Gasteiger partial charge >= 0.3 is 0 Å². The number of aromatic nitrogens is 2. The number of aliphatic hydroxyl groups is 1. The maximum Gasteiger partial charge on any atom is 0.175 e. The van der Waals surface area contributed by atoms with Gasteiger partial charge in [-0.05, 0) is 13.3 Å². The predicted molar refractivity (Wildman–Crippen MR) is 70.0 cm³/mol. The molecule has 0 aliphatic carbocycles. The fourth-order valence-electron chi connectivity index (χ4n) is 2.07. The molecule has 18 heavy (non-hydrogen) atoms. The molecule has 0 saturated heterocycles. The van der Waals surface area contributed by atoms with E-state index in [4.69, 9.17) is 16.0 Å². The number of hydrogen-bond acceptors (Lipinski definition) is 5. The Morgan fingerprint density at radius 2 is 2.17 bits per heavy atom. The smallest absolute Gasteiger partial charge is 0.175 e. The molecule has 1 rings (SSSR count). The van der Waals surface area contributed by atoms with Gasteiger partial charge in [-0.2, -0.15) is 5.10 Å². The van der Waals surface area contributed by atoms with E-state index in [1.165, 1.54) is 0 Å². The third kappa shape index (κ3) is 2.73. The molecule has 4 N–H and O–H groups in total. The number of aryl methyl sites for hydroxylation is 2. The van der Waals surface area contributed by atoms with Crippen molar-refractivity contribution in [3.63, 3.8) is 0 Å². The number of aliphatic hydroxyl groups excluding tert-OH is 1. The van der Waals surface area contributed by atoms with Crippen molar-refractivity contribution >= 4 is 11.7 Å².